The molecule has 0 saturated heterocycles. The first-order valence-electron chi connectivity index (χ1n) is 4.42. The average molecular weight is 218 g/mol. The van der Waals surface area contributed by atoms with Gasteiger partial charge < -0.3 is 5.32 Å². The van der Waals surface area contributed by atoms with Crippen LogP contribution in [-0.4, -0.2) is 6.54 Å². The van der Waals surface area contributed by atoms with Crippen LogP contribution < -0.4 is 5.32 Å². The van der Waals surface area contributed by atoms with Gasteiger partial charge in [-0.1, -0.05) is 13.8 Å². The second-order valence-electron chi connectivity index (χ2n) is 4.18. The number of halogens is 1. The Labute approximate surface area is 90.0 Å². The minimum atomic E-state index is 0. The van der Waals surface area contributed by atoms with Crippen LogP contribution in [0, 0.1) is 0 Å². The highest BCUT2D eigenvalue weighted by atomic mass is 35.5. The first-order valence-corrected chi connectivity index (χ1v) is 5.30. The molecular formula is C10H16ClNS. The first kappa shape index (κ1) is 11.0. The van der Waals surface area contributed by atoms with Gasteiger partial charge in [0.2, 0.25) is 0 Å². The lowest BCUT2D eigenvalue weighted by Crippen LogP contribution is -2.39. The van der Waals surface area contributed by atoms with Crippen molar-refractivity contribution in [3.8, 4) is 0 Å². The summed E-state index contributed by atoms with van der Waals surface area (Å²) in [4.78, 5) is 1.52. The molecule has 1 N–H and O–H groups in total. The first-order chi connectivity index (χ1) is 5.61. The molecule has 1 aliphatic heterocycles. The number of nitrogens with one attached hydrogen (secondary N) is 1. The number of fused-ring (bicyclic) bond motifs is 1. The van der Waals surface area contributed by atoms with Crippen molar-refractivity contribution in [2.24, 2.45) is 0 Å². The molecule has 0 fully saturated rings. The van der Waals surface area contributed by atoms with E-state index in [0.717, 1.165) is 6.54 Å². The largest absolute Gasteiger partial charge is 0.309 e. The lowest BCUT2D eigenvalue weighted by molar-refractivity contribution is 0.401. The molecule has 1 aliphatic rings. The minimum Gasteiger partial charge on any atom is -0.309 e. The standard InChI is InChI=1S/C10H15NS.ClH/c1-7-9-8(4-5-12-9)10(2,3)6-11-7;/h4-5,7,11H,6H2,1-3H3;1H. The Balaban J connectivity index is 0.000000845. The van der Waals surface area contributed by atoms with Crippen molar-refractivity contribution in [3.05, 3.63) is 21.9 Å². The van der Waals surface area contributed by atoms with Gasteiger partial charge in [0.1, 0.15) is 0 Å². The fraction of sp³-hybridized carbons (Fsp3) is 0.600. The lowest BCUT2D eigenvalue weighted by Gasteiger charge is -2.34. The number of thiophene rings is 1. The summed E-state index contributed by atoms with van der Waals surface area (Å²) in [5.74, 6) is 0. The monoisotopic (exact) mass is 217 g/mol. The highest BCUT2D eigenvalue weighted by Crippen LogP contribution is 2.37. The number of rotatable bonds is 0. The van der Waals surface area contributed by atoms with Crippen LogP contribution in [-0.2, 0) is 5.41 Å². The molecule has 1 nitrogen and oxygen atoms in total. The summed E-state index contributed by atoms with van der Waals surface area (Å²) in [7, 11) is 0. The topological polar surface area (TPSA) is 12.0 Å². The zero-order chi connectivity index (χ0) is 8.77. The van der Waals surface area contributed by atoms with E-state index in [9.17, 15) is 0 Å². The van der Waals surface area contributed by atoms with Gasteiger partial charge in [-0.25, -0.2) is 0 Å². The summed E-state index contributed by atoms with van der Waals surface area (Å²) in [6, 6.07) is 2.82. The molecule has 0 amide bonds. The second-order valence-corrected chi connectivity index (χ2v) is 5.13. The summed E-state index contributed by atoms with van der Waals surface area (Å²) in [5.41, 5.74) is 1.86. The van der Waals surface area contributed by atoms with E-state index in [2.05, 4.69) is 37.5 Å². The van der Waals surface area contributed by atoms with Crippen LogP contribution in [0.3, 0.4) is 0 Å². The van der Waals surface area contributed by atoms with E-state index in [1.165, 1.54) is 4.88 Å². The molecule has 0 saturated carbocycles. The highest BCUT2D eigenvalue weighted by molar-refractivity contribution is 7.10. The van der Waals surface area contributed by atoms with Crippen LogP contribution in [0.2, 0.25) is 0 Å². The number of hydrogen-bond donors (Lipinski definition) is 1. The molecule has 13 heavy (non-hydrogen) atoms. The van der Waals surface area contributed by atoms with Crippen molar-refractivity contribution >= 4 is 23.7 Å². The molecule has 0 aliphatic carbocycles. The normalized spacial score (nSPS) is 24.7. The predicted molar refractivity (Wildman–Crippen MR) is 61.0 cm³/mol. The van der Waals surface area contributed by atoms with Crippen LogP contribution in [0.15, 0.2) is 11.4 Å². The molecule has 74 valence electrons. The van der Waals surface area contributed by atoms with Gasteiger partial charge in [-0.2, -0.15) is 0 Å². The van der Waals surface area contributed by atoms with E-state index >= 15 is 0 Å². The van der Waals surface area contributed by atoms with Crippen LogP contribution in [0.25, 0.3) is 0 Å². The van der Waals surface area contributed by atoms with Crippen LogP contribution in [0.4, 0.5) is 0 Å². The van der Waals surface area contributed by atoms with Crippen LogP contribution in [0.5, 0.6) is 0 Å². The molecule has 1 atom stereocenters. The van der Waals surface area contributed by atoms with E-state index in [0.29, 0.717) is 11.5 Å². The molecule has 0 radical (unpaired) electrons. The van der Waals surface area contributed by atoms with Gasteiger partial charge in [0.25, 0.3) is 0 Å². The zero-order valence-corrected chi connectivity index (χ0v) is 9.89. The molecule has 2 rings (SSSR count). The van der Waals surface area contributed by atoms with Gasteiger partial charge in [-0.15, -0.1) is 23.7 Å². The maximum atomic E-state index is 3.52. The van der Waals surface area contributed by atoms with Crippen molar-refractivity contribution in [2.75, 3.05) is 6.54 Å². The quantitative estimate of drug-likeness (QED) is 0.704. The Morgan fingerprint density at radius 3 is 2.85 bits per heavy atom. The third-order valence-corrected chi connectivity index (χ3v) is 3.77. The lowest BCUT2D eigenvalue weighted by atomic mass is 9.81. The molecule has 1 aromatic rings. The zero-order valence-electron chi connectivity index (χ0n) is 8.26. The Morgan fingerprint density at radius 1 is 1.54 bits per heavy atom. The van der Waals surface area contributed by atoms with Gasteiger partial charge in [-0.05, 0) is 23.9 Å². The second kappa shape index (κ2) is 3.60. The SMILES string of the molecule is CC1NCC(C)(C)c2ccsc21.Cl. The van der Waals surface area contributed by atoms with Gasteiger partial charge in [0.05, 0.1) is 0 Å². The van der Waals surface area contributed by atoms with E-state index in [1.54, 1.807) is 5.56 Å². The Kier molecular flexibility index (Phi) is 3.05. The minimum absolute atomic E-state index is 0. The molecule has 2 heterocycles. The molecule has 0 bridgehead atoms. The average Bonchev–Trinajstić information content (AvgIpc) is 2.46. The van der Waals surface area contributed by atoms with Gasteiger partial charge in [0, 0.05) is 22.9 Å². The van der Waals surface area contributed by atoms with Crippen molar-refractivity contribution in [1.82, 2.24) is 5.32 Å². The van der Waals surface area contributed by atoms with Crippen molar-refractivity contribution in [2.45, 2.75) is 32.2 Å². The maximum Gasteiger partial charge on any atom is 0.0389 e. The molecule has 3 heteroatoms. The summed E-state index contributed by atoms with van der Waals surface area (Å²) in [5, 5.41) is 5.73. The van der Waals surface area contributed by atoms with Crippen LogP contribution >= 0.6 is 23.7 Å². The Hall–Kier alpha value is -0.0500. The molecule has 1 aromatic heterocycles. The third kappa shape index (κ3) is 1.76. The van der Waals surface area contributed by atoms with E-state index < -0.39 is 0 Å². The van der Waals surface area contributed by atoms with Crippen molar-refractivity contribution in [1.29, 1.82) is 0 Å². The molecule has 0 spiro atoms. The summed E-state index contributed by atoms with van der Waals surface area (Å²) in [6.07, 6.45) is 0. The molecule has 0 aromatic carbocycles. The summed E-state index contributed by atoms with van der Waals surface area (Å²) < 4.78 is 0. The Morgan fingerprint density at radius 2 is 2.23 bits per heavy atom. The Bertz CT molecular complexity index is 293. The van der Waals surface area contributed by atoms with E-state index in [1.807, 2.05) is 11.3 Å². The fourth-order valence-corrected chi connectivity index (χ4v) is 2.92. The van der Waals surface area contributed by atoms with Gasteiger partial charge in [-0.3, -0.25) is 0 Å². The third-order valence-electron chi connectivity index (χ3n) is 2.67. The van der Waals surface area contributed by atoms with Crippen molar-refractivity contribution < 1.29 is 0 Å². The number of hydrogen-bond acceptors (Lipinski definition) is 2. The summed E-state index contributed by atoms with van der Waals surface area (Å²) in [6.45, 7) is 7.94. The van der Waals surface area contributed by atoms with Gasteiger partial charge in [0.15, 0.2) is 0 Å². The highest BCUT2D eigenvalue weighted by Gasteiger charge is 2.30. The van der Waals surface area contributed by atoms with E-state index in [4.69, 9.17) is 0 Å². The van der Waals surface area contributed by atoms with E-state index in [-0.39, 0.29) is 12.4 Å². The van der Waals surface area contributed by atoms with Crippen molar-refractivity contribution in [3.63, 3.8) is 0 Å². The predicted octanol–water partition coefficient (Wildman–Crippen LogP) is 3.11. The smallest absolute Gasteiger partial charge is 0.0389 e. The summed E-state index contributed by atoms with van der Waals surface area (Å²) >= 11 is 1.87. The maximum absolute atomic E-state index is 3.52. The fourth-order valence-electron chi connectivity index (χ4n) is 1.81. The van der Waals surface area contributed by atoms with Gasteiger partial charge >= 0.3 is 0 Å². The van der Waals surface area contributed by atoms with Crippen LogP contribution in [0.1, 0.15) is 37.3 Å². The molecular weight excluding hydrogens is 202 g/mol. The molecule has 1 unspecified atom stereocenters.